The molecule has 0 aliphatic heterocycles. The highest BCUT2D eigenvalue weighted by molar-refractivity contribution is 5.67. The summed E-state index contributed by atoms with van der Waals surface area (Å²) in [5, 5.41) is 20.4. The fourth-order valence-corrected chi connectivity index (χ4v) is 2.18. The topological polar surface area (TPSA) is 95.4 Å². The molecule has 28 heavy (non-hydrogen) atoms. The second-order valence-corrected chi connectivity index (χ2v) is 6.20. The van der Waals surface area contributed by atoms with Crippen LogP contribution in [0.1, 0.15) is 29.7 Å². The first-order valence-corrected chi connectivity index (χ1v) is 8.72. The molecule has 1 heterocycles. The summed E-state index contributed by atoms with van der Waals surface area (Å²) in [4.78, 5) is 19.0. The van der Waals surface area contributed by atoms with Gasteiger partial charge in [0, 0.05) is 50.3 Å². The minimum atomic E-state index is -1.20. The Morgan fingerprint density at radius 2 is 1.89 bits per heavy atom. The summed E-state index contributed by atoms with van der Waals surface area (Å²) in [6, 6.07) is 0. The van der Waals surface area contributed by atoms with E-state index >= 15 is 0 Å². The Balaban J connectivity index is 2.78. The van der Waals surface area contributed by atoms with Crippen LogP contribution in [0, 0.1) is 31.6 Å². The van der Waals surface area contributed by atoms with Crippen LogP contribution in [0.4, 0.5) is 4.79 Å². The van der Waals surface area contributed by atoms with Crippen molar-refractivity contribution < 1.29 is 24.5 Å². The average Bonchev–Trinajstić information content (AvgIpc) is 2.69. The van der Waals surface area contributed by atoms with E-state index in [2.05, 4.69) is 16.8 Å². The molecule has 0 saturated carbocycles. The van der Waals surface area contributed by atoms with Gasteiger partial charge in [-0.25, -0.2) is 4.79 Å². The number of nitrogens with zero attached hydrogens (tertiary/aromatic N) is 3. The molecular formula is C20H27N3O5. The first-order chi connectivity index (χ1) is 13.3. The van der Waals surface area contributed by atoms with E-state index in [1.807, 2.05) is 0 Å². The van der Waals surface area contributed by atoms with Gasteiger partial charge in [0.2, 0.25) is 6.41 Å². The predicted octanol–water partition coefficient (Wildman–Crippen LogP) is 1.43. The van der Waals surface area contributed by atoms with Gasteiger partial charge in [0.1, 0.15) is 12.4 Å². The van der Waals surface area contributed by atoms with Crippen molar-refractivity contribution in [2.75, 3.05) is 27.2 Å². The van der Waals surface area contributed by atoms with E-state index < -0.39 is 12.5 Å². The zero-order valence-corrected chi connectivity index (χ0v) is 16.5. The lowest BCUT2D eigenvalue weighted by Crippen LogP contribution is -2.34. The molecular weight excluding hydrogens is 362 g/mol. The van der Waals surface area contributed by atoms with E-state index in [9.17, 15) is 15.0 Å². The highest BCUT2D eigenvalue weighted by Crippen LogP contribution is 2.25. The van der Waals surface area contributed by atoms with Crippen molar-refractivity contribution in [3.8, 4) is 30.4 Å². The highest BCUT2D eigenvalue weighted by atomic mass is 16.6. The van der Waals surface area contributed by atoms with Crippen LogP contribution in [0.2, 0.25) is 0 Å². The summed E-state index contributed by atoms with van der Waals surface area (Å²) in [6.45, 7) is 2.25. The van der Waals surface area contributed by atoms with Gasteiger partial charge in [-0.2, -0.15) is 0 Å². The Bertz CT molecular complexity index is 739. The maximum absolute atomic E-state index is 12.0. The molecule has 0 aliphatic rings. The number of terminal acetylenes is 2. The third kappa shape index (κ3) is 7.09. The van der Waals surface area contributed by atoms with Crippen LogP contribution in [0.15, 0.2) is 6.20 Å². The van der Waals surface area contributed by atoms with Crippen molar-refractivity contribution >= 4 is 6.09 Å². The number of pyridine rings is 1. The predicted molar refractivity (Wildman–Crippen MR) is 104 cm³/mol. The fraction of sp³-hybridized carbons (Fsp3) is 0.500. The Hall–Kier alpha value is -2.78. The number of aromatic nitrogens is 1. The minimum absolute atomic E-state index is 0.0762. The molecule has 0 aliphatic carbocycles. The Labute approximate surface area is 166 Å². The molecule has 1 aromatic heterocycles. The Kier molecular flexibility index (Phi) is 9.83. The molecule has 8 heteroatoms. The van der Waals surface area contributed by atoms with Gasteiger partial charge in [-0.05, 0) is 14.0 Å². The number of aromatic hydroxyl groups is 1. The number of carbonyl (C=O) groups excluding carboxylic acids is 1. The highest BCUT2D eigenvalue weighted by Gasteiger charge is 2.18. The maximum Gasteiger partial charge on any atom is 0.409 e. The van der Waals surface area contributed by atoms with Gasteiger partial charge in [0.25, 0.3) is 0 Å². The van der Waals surface area contributed by atoms with Crippen molar-refractivity contribution in [2.45, 2.75) is 39.4 Å². The lowest BCUT2D eigenvalue weighted by atomic mass is 10.1. The van der Waals surface area contributed by atoms with Gasteiger partial charge < -0.3 is 24.6 Å². The third-order valence-corrected chi connectivity index (χ3v) is 4.05. The number of aryl methyl sites for hydroxylation is 1. The smallest absolute Gasteiger partial charge is 0.409 e. The van der Waals surface area contributed by atoms with Gasteiger partial charge in [-0.15, -0.1) is 24.7 Å². The van der Waals surface area contributed by atoms with E-state index in [0.29, 0.717) is 42.8 Å². The number of aliphatic hydroxyl groups excluding tert-OH is 1. The molecule has 1 unspecified atom stereocenters. The molecule has 1 atom stereocenters. The van der Waals surface area contributed by atoms with E-state index in [-0.39, 0.29) is 19.0 Å². The van der Waals surface area contributed by atoms with Gasteiger partial charge in [0.05, 0.1) is 12.3 Å². The summed E-state index contributed by atoms with van der Waals surface area (Å²) >= 11 is 0. The van der Waals surface area contributed by atoms with Gasteiger partial charge in [-0.1, -0.05) is 0 Å². The molecule has 2 N–H and O–H groups in total. The average molecular weight is 389 g/mol. The largest absolute Gasteiger partial charge is 0.506 e. The number of aliphatic hydroxyl groups is 1. The number of rotatable bonds is 10. The molecule has 152 valence electrons. The maximum atomic E-state index is 12.0. The third-order valence-electron chi connectivity index (χ3n) is 4.05. The van der Waals surface area contributed by atoms with Gasteiger partial charge in [0.15, 0.2) is 0 Å². The normalized spacial score (nSPS) is 11.5. The van der Waals surface area contributed by atoms with Crippen LogP contribution < -0.4 is 0 Å². The first-order valence-electron chi connectivity index (χ1n) is 8.72. The molecule has 1 rings (SSSR count). The van der Waals surface area contributed by atoms with Crippen LogP contribution in [-0.4, -0.2) is 64.7 Å². The van der Waals surface area contributed by atoms with Gasteiger partial charge >= 0.3 is 6.09 Å². The number of carbonyl (C=O) groups is 1. The van der Waals surface area contributed by atoms with Crippen molar-refractivity contribution in [1.29, 1.82) is 0 Å². The standard InChI is InChI=1S/C20H27N3O5/c1-6-8-10-22(4)19(25)27-13-16-12-21-15(3)18(24)17(16)14-28-20(26)23(5)11-9-7-2/h1-2,12,20,24,26H,8-11,13-14H2,3-5H3. The summed E-state index contributed by atoms with van der Waals surface area (Å²) in [5.41, 5.74) is 1.26. The zero-order chi connectivity index (χ0) is 21.1. The minimum Gasteiger partial charge on any atom is -0.506 e. The van der Waals surface area contributed by atoms with Gasteiger partial charge in [-0.3, -0.25) is 9.88 Å². The van der Waals surface area contributed by atoms with Crippen molar-refractivity contribution in [1.82, 2.24) is 14.8 Å². The molecule has 1 aromatic rings. The van der Waals surface area contributed by atoms with Crippen LogP contribution >= 0.6 is 0 Å². The summed E-state index contributed by atoms with van der Waals surface area (Å²) < 4.78 is 10.7. The molecule has 0 bridgehead atoms. The molecule has 0 spiro atoms. The van der Waals surface area contributed by atoms with E-state index in [1.54, 1.807) is 21.0 Å². The number of amides is 1. The Morgan fingerprint density at radius 1 is 1.25 bits per heavy atom. The van der Waals surface area contributed by atoms with Crippen molar-refractivity contribution in [3.63, 3.8) is 0 Å². The van der Waals surface area contributed by atoms with E-state index in [4.69, 9.17) is 22.3 Å². The van der Waals surface area contributed by atoms with E-state index in [1.165, 1.54) is 16.0 Å². The number of ether oxygens (including phenoxy) is 2. The van der Waals surface area contributed by atoms with Crippen molar-refractivity contribution in [2.24, 2.45) is 0 Å². The molecule has 0 aromatic carbocycles. The summed E-state index contributed by atoms with van der Waals surface area (Å²) in [6.07, 6.45) is 11.0. The molecule has 8 nitrogen and oxygen atoms in total. The quantitative estimate of drug-likeness (QED) is 0.462. The molecule has 0 saturated heterocycles. The molecule has 0 fully saturated rings. The van der Waals surface area contributed by atoms with Crippen LogP contribution in [0.3, 0.4) is 0 Å². The SMILES string of the molecule is C#CCCN(C)C(=O)OCc1cnc(C)c(O)c1COC(O)N(C)CCC#C. The Morgan fingerprint density at radius 3 is 2.54 bits per heavy atom. The number of hydrogen-bond donors (Lipinski definition) is 2. The molecule has 0 radical (unpaired) electrons. The second kappa shape index (κ2) is 11.8. The zero-order valence-electron chi connectivity index (χ0n) is 16.5. The van der Waals surface area contributed by atoms with Crippen molar-refractivity contribution in [3.05, 3.63) is 23.0 Å². The van der Waals surface area contributed by atoms with Crippen LogP contribution in [0.5, 0.6) is 5.75 Å². The number of hydrogen-bond acceptors (Lipinski definition) is 7. The van der Waals surface area contributed by atoms with E-state index in [0.717, 1.165) is 0 Å². The lowest BCUT2D eigenvalue weighted by molar-refractivity contribution is -0.191. The summed E-state index contributed by atoms with van der Waals surface area (Å²) in [7, 11) is 3.24. The second-order valence-electron chi connectivity index (χ2n) is 6.20. The van der Waals surface area contributed by atoms with Crippen LogP contribution in [0.25, 0.3) is 0 Å². The first kappa shape index (κ1) is 23.3. The van der Waals surface area contributed by atoms with Crippen LogP contribution in [-0.2, 0) is 22.7 Å². The lowest BCUT2D eigenvalue weighted by Gasteiger charge is -2.23. The molecule has 1 amide bonds. The fourth-order valence-electron chi connectivity index (χ4n) is 2.18. The monoisotopic (exact) mass is 389 g/mol. The summed E-state index contributed by atoms with van der Waals surface area (Å²) in [5.74, 6) is 4.86.